The second kappa shape index (κ2) is 12.7. The Kier molecular flexibility index (Phi) is 9.15. The molecule has 1 fully saturated rings. The Hall–Kier alpha value is -3.74. The molecule has 1 saturated carbocycles. The van der Waals surface area contributed by atoms with Gasteiger partial charge in [-0.15, -0.1) is 0 Å². The van der Waals surface area contributed by atoms with Crippen molar-refractivity contribution in [2.45, 2.75) is 89.3 Å². The van der Waals surface area contributed by atoms with E-state index in [1.807, 2.05) is 31.2 Å². The number of carbonyl (C=O) groups excluding carboxylic acids is 4. The van der Waals surface area contributed by atoms with Crippen LogP contribution >= 0.6 is 0 Å². The number of cyclic esters (lactones) is 1. The van der Waals surface area contributed by atoms with Crippen molar-refractivity contribution in [1.82, 2.24) is 10.3 Å². The maximum atomic E-state index is 13.4. The van der Waals surface area contributed by atoms with Gasteiger partial charge in [-0.25, -0.2) is 14.4 Å². The van der Waals surface area contributed by atoms with Crippen LogP contribution in [0.1, 0.15) is 57.4 Å². The Balaban J connectivity index is 1.48. The number of carbonyl (C=O) groups is 4. The maximum Gasteiger partial charge on any atom is 0.397 e. The fraction of sp³-hybridized carbons (Fsp3) is 0.562. The van der Waals surface area contributed by atoms with Crippen LogP contribution < -0.4 is 5.32 Å². The smallest absolute Gasteiger partial charge is 0.397 e. The van der Waals surface area contributed by atoms with Gasteiger partial charge >= 0.3 is 23.8 Å². The molecular formula is C32H40N2O10. The molecule has 1 spiro atoms. The molecule has 238 valence electrons. The van der Waals surface area contributed by atoms with Crippen LogP contribution in [-0.4, -0.2) is 83.4 Å². The van der Waals surface area contributed by atoms with E-state index < -0.39 is 77.9 Å². The lowest BCUT2D eigenvalue weighted by atomic mass is 9.72. The molecule has 1 aromatic heterocycles. The monoisotopic (exact) mass is 612 g/mol. The first kappa shape index (κ1) is 31.7. The number of esters is 3. The van der Waals surface area contributed by atoms with Gasteiger partial charge in [0.2, 0.25) is 0 Å². The number of amides is 1. The SMILES string of the molecule is CO[C@H]1C[C@H]2C=CC3=C[C@@]2(OC(O)[C@@H](C)[C@H]3OC(=O)c2ccc[nH]2)/C(C)=C/C(C)[C@@H](C(C)OC(=O)C(=O)NC2CC2)OC1=O. The highest BCUT2D eigenvalue weighted by molar-refractivity contribution is 6.32. The van der Waals surface area contributed by atoms with Crippen LogP contribution in [0, 0.1) is 17.8 Å². The lowest BCUT2D eigenvalue weighted by Gasteiger charge is -2.43. The number of hydrogen-bond donors (Lipinski definition) is 3. The van der Waals surface area contributed by atoms with Crippen molar-refractivity contribution in [2.75, 3.05) is 7.11 Å². The third kappa shape index (κ3) is 6.38. The summed E-state index contributed by atoms with van der Waals surface area (Å²) in [6.45, 7) is 6.94. The van der Waals surface area contributed by atoms with E-state index in [2.05, 4.69) is 10.3 Å². The summed E-state index contributed by atoms with van der Waals surface area (Å²) >= 11 is 0. The van der Waals surface area contributed by atoms with Gasteiger partial charge in [0.15, 0.2) is 12.4 Å². The van der Waals surface area contributed by atoms with Crippen LogP contribution in [0.15, 0.2) is 53.8 Å². The first-order valence-electron chi connectivity index (χ1n) is 15.0. The molecule has 3 heterocycles. The van der Waals surface area contributed by atoms with Crippen molar-refractivity contribution in [3.63, 3.8) is 0 Å². The molecule has 2 aliphatic heterocycles. The average molecular weight is 613 g/mol. The minimum absolute atomic E-state index is 0.0206. The number of hydrogen-bond acceptors (Lipinski definition) is 10. The lowest BCUT2D eigenvalue weighted by molar-refractivity contribution is -0.200. The van der Waals surface area contributed by atoms with Gasteiger partial charge < -0.3 is 39.1 Å². The van der Waals surface area contributed by atoms with E-state index in [9.17, 15) is 24.3 Å². The molecule has 4 aliphatic rings. The fourth-order valence-corrected chi connectivity index (χ4v) is 6.14. The van der Waals surface area contributed by atoms with Gasteiger partial charge in [0, 0.05) is 37.1 Å². The van der Waals surface area contributed by atoms with Crippen molar-refractivity contribution >= 4 is 23.8 Å². The highest BCUT2D eigenvalue weighted by Crippen LogP contribution is 2.46. The number of aromatic amines is 1. The summed E-state index contributed by atoms with van der Waals surface area (Å²) in [5.74, 6) is -4.76. The summed E-state index contributed by atoms with van der Waals surface area (Å²) in [5.41, 5.74) is 0.380. The maximum absolute atomic E-state index is 13.4. The zero-order valence-corrected chi connectivity index (χ0v) is 25.5. The summed E-state index contributed by atoms with van der Waals surface area (Å²) in [4.78, 5) is 53.9. The number of aromatic nitrogens is 1. The second-order valence-electron chi connectivity index (χ2n) is 12.1. The van der Waals surface area contributed by atoms with Gasteiger partial charge in [0.25, 0.3) is 0 Å². The number of aliphatic hydroxyl groups is 1. The third-order valence-electron chi connectivity index (χ3n) is 8.85. The van der Waals surface area contributed by atoms with Gasteiger partial charge in [-0.3, -0.25) is 4.79 Å². The van der Waals surface area contributed by atoms with Crippen LogP contribution in [0.4, 0.5) is 0 Å². The molecule has 12 nitrogen and oxygen atoms in total. The highest BCUT2D eigenvalue weighted by Gasteiger charge is 2.51. The number of nitrogens with one attached hydrogen (secondary N) is 2. The highest BCUT2D eigenvalue weighted by atomic mass is 16.6. The zero-order chi connectivity index (χ0) is 31.8. The van der Waals surface area contributed by atoms with Crippen LogP contribution in [0.25, 0.3) is 0 Å². The minimum Gasteiger partial charge on any atom is -0.456 e. The molecule has 44 heavy (non-hydrogen) atoms. The molecule has 1 amide bonds. The third-order valence-corrected chi connectivity index (χ3v) is 8.85. The summed E-state index contributed by atoms with van der Waals surface area (Å²) in [5, 5.41) is 13.9. The van der Waals surface area contributed by atoms with Gasteiger partial charge in [-0.05, 0) is 62.5 Å². The summed E-state index contributed by atoms with van der Waals surface area (Å²) in [6.07, 6.45) is 5.63. The van der Waals surface area contributed by atoms with Crippen LogP contribution in [0.2, 0.25) is 0 Å². The molecule has 9 atom stereocenters. The largest absolute Gasteiger partial charge is 0.456 e. The van der Waals surface area contributed by atoms with Gasteiger partial charge in [0.05, 0.1) is 0 Å². The molecular weight excluding hydrogens is 572 g/mol. The van der Waals surface area contributed by atoms with Crippen molar-refractivity contribution in [1.29, 1.82) is 0 Å². The van der Waals surface area contributed by atoms with E-state index in [0.717, 1.165) is 12.8 Å². The molecule has 3 unspecified atom stereocenters. The molecule has 3 N–H and O–H groups in total. The van der Waals surface area contributed by atoms with E-state index >= 15 is 0 Å². The molecule has 2 bridgehead atoms. The Morgan fingerprint density at radius 2 is 1.98 bits per heavy atom. The number of H-pyrrole nitrogens is 1. The fourth-order valence-electron chi connectivity index (χ4n) is 6.14. The van der Waals surface area contributed by atoms with Crippen LogP contribution in [0.3, 0.4) is 0 Å². The number of ether oxygens (including phenoxy) is 5. The Labute approximate surface area is 255 Å². The topological polar surface area (TPSA) is 162 Å². The first-order valence-corrected chi connectivity index (χ1v) is 15.0. The lowest BCUT2D eigenvalue weighted by Crippen LogP contribution is -2.49. The molecule has 0 aromatic carbocycles. The van der Waals surface area contributed by atoms with E-state index in [1.54, 1.807) is 39.1 Å². The van der Waals surface area contributed by atoms with E-state index in [-0.39, 0.29) is 18.2 Å². The Morgan fingerprint density at radius 3 is 2.64 bits per heavy atom. The Morgan fingerprint density at radius 1 is 1.23 bits per heavy atom. The normalized spacial score (nSPS) is 35.4. The molecule has 5 rings (SSSR count). The van der Waals surface area contributed by atoms with E-state index in [1.165, 1.54) is 7.11 Å². The van der Waals surface area contributed by atoms with Gasteiger partial charge in [-0.1, -0.05) is 32.1 Å². The molecule has 0 saturated heterocycles. The summed E-state index contributed by atoms with van der Waals surface area (Å²) in [6, 6.07) is 3.27. The predicted octanol–water partition coefficient (Wildman–Crippen LogP) is 2.50. The van der Waals surface area contributed by atoms with Gasteiger partial charge in [0.1, 0.15) is 29.6 Å². The van der Waals surface area contributed by atoms with Crippen LogP contribution in [0.5, 0.6) is 0 Å². The van der Waals surface area contributed by atoms with Gasteiger partial charge in [-0.2, -0.15) is 0 Å². The van der Waals surface area contributed by atoms with Crippen molar-refractivity contribution < 1.29 is 48.0 Å². The summed E-state index contributed by atoms with van der Waals surface area (Å²) < 4.78 is 29.2. The predicted molar refractivity (Wildman–Crippen MR) is 155 cm³/mol. The first-order chi connectivity index (χ1) is 20.9. The molecule has 1 aromatic rings. The Bertz CT molecular complexity index is 1360. The second-order valence-corrected chi connectivity index (χ2v) is 12.1. The molecule has 12 heteroatoms. The zero-order valence-electron chi connectivity index (χ0n) is 25.5. The number of aliphatic hydroxyl groups excluding tert-OH is 1. The quantitative estimate of drug-likeness (QED) is 0.188. The number of rotatable bonds is 6. The van der Waals surface area contributed by atoms with Crippen molar-refractivity contribution in [2.24, 2.45) is 17.8 Å². The van der Waals surface area contributed by atoms with E-state index in [0.29, 0.717) is 11.1 Å². The number of methoxy groups -OCH3 is 1. The van der Waals surface area contributed by atoms with Crippen molar-refractivity contribution in [3.05, 3.63) is 59.5 Å². The molecule has 0 radical (unpaired) electrons. The summed E-state index contributed by atoms with van der Waals surface area (Å²) in [7, 11) is 1.39. The van der Waals surface area contributed by atoms with Crippen molar-refractivity contribution in [3.8, 4) is 0 Å². The average Bonchev–Trinajstić information content (AvgIpc) is 3.64. The minimum atomic E-state index is -1.34. The van der Waals surface area contributed by atoms with E-state index in [4.69, 9.17) is 23.7 Å². The standard InChI is InChI=1S/C32H40N2O10/c1-16-13-17(2)32-15-20(26(18(3)28(36)44-32)43-29(37)23-7-6-12-33-23)8-9-21(32)14-24(40-5)30(38)42-25(16)19(4)41-31(39)27(35)34-22-10-11-22/h6-9,12-13,15-16,18-19,21-22,24-26,28,33,36H,10-11,14H2,1-5H3,(H,34,35)/b17-13+/t16?,18-,19?,21+,24-,25-,26+,28?,32+/m0/s1. The van der Waals surface area contributed by atoms with Crippen LogP contribution in [-0.2, 0) is 38.1 Å². The molecule has 2 aliphatic carbocycles.